The molecule has 26 heavy (non-hydrogen) atoms. The van der Waals surface area contributed by atoms with Crippen molar-refractivity contribution in [3.63, 3.8) is 0 Å². The molecule has 3 rings (SSSR count). The molecule has 0 bridgehead atoms. The van der Waals surface area contributed by atoms with Crippen molar-refractivity contribution in [2.75, 3.05) is 7.11 Å². The van der Waals surface area contributed by atoms with Gasteiger partial charge in [-0.2, -0.15) is 5.10 Å². The smallest absolute Gasteiger partial charge is 0.271 e. The number of hydrazone groups is 1. The van der Waals surface area contributed by atoms with Gasteiger partial charge in [0, 0.05) is 5.56 Å². The van der Waals surface area contributed by atoms with Crippen molar-refractivity contribution >= 4 is 23.1 Å². The molecule has 0 radical (unpaired) electrons. The van der Waals surface area contributed by atoms with Gasteiger partial charge in [-0.05, 0) is 43.3 Å². The van der Waals surface area contributed by atoms with E-state index < -0.39 is 0 Å². The van der Waals surface area contributed by atoms with Gasteiger partial charge in [0.05, 0.1) is 24.3 Å². The van der Waals surface area contributed by atoms with Crippen LogP contribution in [-0.4, -0.2) is 24.7 Å². The Kier molecular flexibility index (Phi) is 5.87. The first-order valence-electron chi connectivity index (χ1n) is 7.58. The Labute approximate surface area is 149 Å². The zero-order valence-corrected chi connectivity index (χ0v) is 14.3. The van der Waals surface area contributed by atoms with Gasteiger partial charge in [-0.15, -0.1) is 0 Å². The second-order valence-electron chi connectivity index (χ2n) is 5.45. The number of aryl methyl sites for hydroxylation is 1. The molecule has 0 aliphatic rings. The van der Waals surface area contributed by atoms with Crippen LogP contribution >= 0.6 is 0 Å². The zero-order chi connectivity index (χ0) is 17.8. The van der Waals surface area contributed by atoms with Gasteiger partial charge in [0.15, 0.2) is 0 Å². The molecule has 7 nitrogen and oxygen atoms in total. The number of hydrogen-bond acceptors (Lipinski definition) is 5. The first-order valence-corrected chi connectivity index (χ1v) is 7.58. The summed E-state index contributed by atoms with van der Waals surface area (Å²) in [5.74, 6) is 0.268. The Morgan fingerprint density at radius 1 is 1.19 bits per heavy atom. The first kappa shape index (κ1) is 18.9. The molecule has 3 aromatic rings. The van der Waals surface area contributed by atoms with E-state index in [0.717, 1.165) is 5.56 Å². The molecule has 3 N–H and O–H groups in total. The van der Waals surface area contributed by atoms with Gasteiger partial charge in [-0.1, -0.05) is 11.6 Å². The van der Waals surface area contributed by atoms with E-state index in [9.17, 15) is 9.59 Å². The Morgan fingerprint density at radius 3 is 2.62 bits per heavy atom. The molecular formula is C19H18N2O5. The highest BCUT2D eigenvalue weighted by atomic mass is 16.5. The summed E-state index contributed by atoms with van der Waals surface area (Å²) in [4.78, 5) is 24.4. The lowest BCUT2D eigenvalue weighted by atomic mass is 10.1. The third-order valence-corrected chi connectivity index (χ3v) is 3.68. The minimum absolute atomic E-state index is 0. The normalized spacial score (nSPS) is 10.5. The molecule has 134 valence electrons. The number of fused-ring (bicyclic) bond motifs is 1. The quantitative estimate of drug-likeness (QED) is 0.570. The maximum Gasteiger partial charge on any atom is 0.271 e. The molecule has 7 heteroatoms. The van der Waals surface area contributed by atoms with E-state index >= 15 is 0 Å². The fourth-order valence-electron chi connectivity index (χ4n) is 2.32. The lowest BCUT2D eigenvalue weighted by Crippen LogP contribution is -2.18. The summed E-state index contributed by atoms with van der Waals surface area (Å²) in [7, 11) is 1.55. The third-order valence-electron chi connectivity index (χ3n) is 3.68. The summed E-state index contributed by atoms with van der Waals surface area (Å²) in [5, 5.41) is 4.31. The van der Waals surface area contributed by atoms with Crippen LogP contribution in [0, 0.1) is 6.92 Å². The highest BCUT2D eigenvalue weighted by molar-refractivity contribution is 5.95. The van der Waals surface area contributed by atoms with Crippen LogP contribution in [0.25, 0.3) is 11.0 Å². The minimum atomic E-state index is -0.389. The number of carbonyl (C=O) groups excluding carboxylic acids is 1. The van der Waals surface area contributed by atoms with Crippen molar-refractivity contribution in [1.82, 2.24) is 5.43 Å². The van der Waals surface area contributed by atoms with E-state index in [2.05, 4.69) is 10.5 Å². The summed E-state index contributed by atoms with van der Waals surface area (Å²) >= 11 is 0. The number of rotatable bonds is 4. The fraction of sp³-hybridized carbons (Fsp3) is 0.105. The number of nitrogens with zero attached hydrogens (tertiary/aromatic N) is 1. The summed E-state index contributed by atoms with van der Waals surface area (Å²) in [6, 6.07) is 12.0. The zero-order valence-electron chi connectivity index (χ0n) is 14.3. The van der Waals surface area contributed by atoms with Crippen LogP contribution in [0.2, 0.25) is 0 Å². The molecule has 0 saturated carbocycles. The minimum Gasteiger partial charge on any atom is -0.497 e. The van der Waals surface area contributed by atoms with E-state index in [-0.39, 0.29) is 22.4 Å². The topological polar surface area (TPSA) is 112 Å². The van der Waals surface area contributed by atoms with Gasteiger partial charge in [0.2, 0.25) is 5.43 Å². The van der Waals surface area contributed by atoms with Crippen LogP contribution < -0.4 is 15.6 Å². The molecule has 0 aliphatic carbocycles. The molecule has 1 aromatic heterocycles. The van der Waals surface area contributed by atoms with Crippen molar-refractivity contribution in [3.05, 3.63) is 75.6 Å². The van der Waals surface area contributed by atoms with E-state index in [1.165, 1.54) is 12.5 Å². The first-order chi connectivity index (χ1) is 12.1. The lowest BCUT2D eigenvalue weighted by Gasteiger charge is -2.02. The van der Waals surface area contributed by atoms with Gasteiger partial charge in [-0.3, -0.25) is 9.59 Å². The largest absolute Gasteiger partial charge is 0.497 e. The molecule has 1 amide bonds. The van der Waals surface area contributed by atoms with E-state index in [4.69, 9.17) is 9.15 Å². The predicted molar refractivity (Wildman–Crippen MR) is 98.9 cm³/mol. The van der Waals surface area contributed by atoms with Gasteiger partial charge in [-0.25, -0.2) is 5.43 Å². The van der Waals surface area contributed by atoms with Gasteiger partial charge >= 0.3 is 0 Å². The fourth-order valence-corrected chi connectivity index (χ4v) is 2.32. The SMILES string of the molecule is COc1ccc(C(=O)N/N=C/c2coc3ccc(C)cc3c2=O)cc1.O. The number of methoxy groups -OCH3 is 1. The Bertz CT molecular complexity index is 1010. The summed E-state index contributed by atoms with van der Waals surface area (Å²) in [5.41, 5.74) is 4.34. The van der Waals surface area contributed by atoms with Crippen molar-refractivity contribution < 1.29 is 19.4 Å². The molecule has 0 spiro atoms. The van der Waals surface area contributed by atoms with Crippen molar-refractivity contribution in [3.8, 4) is 5.75 Å². The van der Waals surface area contributed by atoms with E-state index in [1.807, 2.05) is 13.0 Å². The van der Waals surface area contributed by atoms with Crippen LogP contribution in [-0.2, 0) is 0 Å². The number of amides is 1. The molecule has 1 heterocycles. The maximum absolute atomic E-state index is 12.4. The Hall–Kier alpha value is -3.45. The molecule has 0 atom stereocenters. The van der Waals surface area contributed by atoms with Crippen molar-refractivity contribution in [2.24, 2.45) is 5.10 Å². The van der Waals surface area contributed by atoms with Crippen LogP contribution in [0.4, 0.5) is 0 Å². The number of nitrogens with one attached hydrogen (secondary N) is 1. The number of ether oxygens (including phenoxy) is 1. The van der Waals surface area contributed by atoms with Crippen LogP contribution in [0.5, 0.6) is 5.75 Å². The monoisotopic (exact) mass is 354 g/mol. The number of hydrogen-bond donors (Lipinski definition) is 1. The summed E-state index contributed by atoms with van der Waals surface area (Å²) in [6.45, 7) is 1.90. The van der Waals surface area contributed by atoms with Crippen LogP contribution in [0.15, 0.2) is 63.0 Å². The second kappa shape index (κ2) is 8.09. The molecule has 0 aliphatic heterocycles. The highest BCUT2D eigenvalue weighted by Gasteiger charge is 2.07. The average molecular weight is 354 g/mol. The molecule has 0 saturated heterocycles. The van der Waals surface area contributed by atoms with Gasteiger partial charge < -0.3 is 14.6 Å². The van der Waals surface area contributed by atoms with Crippen LogP contribution in [0.3, 0.4) is 0 Å². The Balaban J connectivity index is 0.00000243. The van der Waals surface area contributed by atoms with Gasteiger partial charge in [0.1, 0.15) is 17.6 Å². The second-order valence-corrected chi connectivity index (χ2v) is 5.45. The van der Waals surface area contributed by atoms with Crippen molar-refractivity contribution in [1.29, 1.82) is 0 Å². The molecule has 2 aromatic carbocycles. The third kappa shape index (κ3) is 3.96. The van der Waals surface area contributed by atoms with Gasteiger partial charge in [0.25, 0.3) is 5.91 Å². The summed E-state index contributed by atoms with van der Waals surface area (Å²) in [6.07, 6.45) is 2.60. The molecular weight excluding hydrogens is 336 g/mol. The number of benzene rings is 2. The Morgan fingerprint density at radius 2 is 1.92 bits per heavy atom. The lowest BCUT2D eigenvalue weighted by molar-refractivity contribution is 0.0955. The highest BCUT2D eigenvalue weighted by Crippen LogP contribution is 2.13. The average Bonchev–Trinajstić information content (AvgIpc) is 2.64. The van der Waals surface area contributed by atoms with Crippen molar-refractivity contribution in [2.45, 2.75) is 6.92 Å². The van der Waals surface area contributed by atoms with E-state index in [1.54, 1.807) is 43.5 Å². The molecule has 0 unspecified atom stereocenters. The molecule has 0 fully saturated rings. The standard InChI is InChI=1S/C19H16N2O4.H2O/c1-12-3-8-17-16(9-12)18(22)14(11-25-17)10-20-21-19(23)13-4-6-15(24-2)7-5-13;/h3-11H,1-2H3,(H,21,23);1H2/b20-10+;. The van der Waals surface area contributed by atoms with E-state index in [0.29, 0.717) is 22.3 Å². The summed E-state index contributed by atoms with van der Waals surface area (Å²) < 4.78 is 10.5. The number of carbonyl (C=O) groups is 1. The maximum atomic E-state index is 12.4. The predicted octanol–water partition coefficient (Wildman–Crippen LogP) is 2.05. The van der Waals surface area contributed by atoms with Crippen LogP contribution in [0.1, 0.15) is 21.5 Å².